The number of hydrogen-bond donors (Lipinski definition) is 1. The van der Waals surface area contributed by atoms with E-state index < -0.39 is 5.97 Å². The topological polar surface area (TPSA) is 73.6 Å². The van der Waals surface area contributed by atoms with Crippen molar-refractivity contribution in [1.29, 1.82) is 0 Å². The van der Waals surface area contributed by atoms with E-state index in [0.717, 1.165) is 11.4 Å². The number of carboxylic acids is 1. The van der Waals surface area contributed by atoms with Gasteiger partial charge in [0.2, 0.25) is 6.79 Å². The molecule has 0 spiro atoms. The van der Waals surface area contributed by atoms with Gasteiger partial charge in [-0.2, -0.15) is 0 Å². The lowest BCUT2D eigenvalue weighted by molar-refractivity contribution is -0.137. The molecule has 0 amide bonds. The fourth-order valence-corrected chi connectivity index (χ4v) is 2.01. The predicted octanol–water partition coefficient (Wildman–Crippen LogP) is 1.62. The summed E-state index contributed by atoms with van der Waals surface area (Å²) in [5.41, 5.74) is 0.877. The van der Waals surface area contributed by atoms with Crippen LogP contribution in [-0.4, -0.2) is 27.4 Å². The Morgan fingerprint density at radius 2 is 2.21 bits per heavy atom. The molecule has 0 saturated carbocycles. The highest BCUT2D eigenvalue weighted by molar-refractivity contribution is 5.66. The van der Waals surface area contributed by atoms with Crippen molar-refractivity contribution in [3.63, 3.8) is 0 Å². The molecule has 3 rings (SSSR count). The molecule has 0 bridgehead atoms. The maximum atomic E-state index is 10.6. The molecule has 6 nitrogen and oxygen atoms in total. The zero-order valence-corrected chi connectivity index (χ0v) is 10.1. The van der Waals surface area contributed by atoms with E-state index in [9.17, 15) is 4.79 Å². The quantitative estimate of drug-likeness (QED) is 0.904. The number of imidazole rings is 1. The van der Waals surface area contributed by atoms with E-state index in [4.69, 9.17) is 14.6 Å². The van der Waals surface area contributed by atoms with E-state index >= 15 is 0 Å². The van der Waals surface area contributed by atoms with Crippen LogP contribution in [0.15, 0.2) is 30.6 Å². The van der Waals surface area contributed by atoms with E-state index in [1.165, 1.54) is 0 Å². The molecule has 2 aromatic rings. The summed E-state index contributed by atoms with van der Waals surface area (Å²) < 4.78 is 12.4. The van der Waals surface area contributed by atoms with E-state index in [1.807, 2.05) is 22.8 Å². The SMILES string of the molecule is O=C(O)CCc1nccn1-c1ccc2c(c1)OCO2. The second kappa shape index (κ2) is 4.64. The van der Waals surface area contributed by atoms with Gasteiger partial charge in [-0.25, -0.2) is 4.98 Å². The number of fused-ring (bicyclic) bond motifs is 1. The third-order valence-corrected chi connectivity index (χ3v) is 2.91. The summed E-state index contributed by atoms with van der Waals surface area (Å²) >= 11 is 0. The van der Waals surface area contributed by atoms with Gasteiger partial charge in [0, 0.05) is 24.9 Å². The lowest BCUT2D eigenvalue weighted by Gasteiger charge is -2.08. The smallest absolute Gasteiger partial charge is 0.303 e. The highest BCUT2D eigenvalue weighted by atomic mass is 16.7. The van der Waals surface area contributed by atoms with E-state index in [1.54, 1.807) is 12.4 Å². The van der Waals surface area contributed by atoms with Gasteiger partial charge >= 0.3 is 5.97 Å². The number of rotatable bonds is 4. The largest absolute Gasteiger partial charge is 0.481 e. The predicted molar refractivity (Wildman–Crippen MR) is 65.6 cm³/mol. The Hall–Kier alpha value is -2.50. The first-order valence-electron chi connectivity index (χ1n) is 5.88. The van der Waals surface area contributed by atoms with Crippen LogP contribution in [0.4, 0.5) is 0 Å². The van der Waals surface area contributed by atoms with Crippen LogP contribution < -0.4 is 9.47 Å². The van der Waals surface area contributed by atoms with Crippen LogP contribution in [0.2, 0.25) is 0 Å². The monoisotopic (exact) mass is 260 g/mol. The van der Waals surface area contributed by atoms with E-state index in [-0.39, 0.29) is 13.2 Å². The molecular formula is C13H12N2O4. The van der Waals surface area contributed by atoms with Crippen LogP contribution in [0.5, 0.6) is 11.5 Å². The number of aryl methyl sites for hydroxylation is 1. The molecule has 1 aliphatic rings. The zero-order valence-electron chi connectivity index (χ0n) is 10.1. The number of hydrogen-bond acceptors (Lipinski definition) is 4. The van der Waals surface area contributed by atoms with E-state index in [2.05, 4.69) is 4.98 Å². The Morgan fingerprint density at radius 1 is 1.37 bits per heavy atom. The fraction of sp³-hybridized carbons (Fsp3) is 0.231. The van der Waals surface area contributed by atoms with Gasteiger partial charge in [-0.1, -0.05) is 0 Å². The molecule has 1 aliphatic heterocycles. The molecule has 0 aliphatic carbocycles. The number of nitrogens with zero attached hydrogens (tertiary/aromatic N) is 2. The Bertz CT molecular complexity index is 621. The first-order valence-corrected chi connectivity index (χ1v) is 5.88. The third-order valence-electron chi connectivity index (χ3n) is 2.91. The average Bonchev–Trinajstić information content (AvgIpc) is 3.04. The number of aromatic nitrogens is 2. The molecule has 1 aromatic heterocycles. The van der Waals surface area contributed by atoms with Crippen molar-refractivity contribution in [1.82, 2.24) is 9.55 Å². The Kier molecular flexibility index (Phi) is 2.83. The summed E-state index contributed by atoms with van der Waals surface area (Å²) in [5, 5.41) is 8.73. The first-order chi connectivity index (χ1) is 9.24. The average molecular weight is 260 g/mol. The molecule has 1 N–H and O–H groups in total. The van der Waals surface area contributed by atoms with Crippen LogP contribution >= 0.6 is 0 Å². The first kappa shape index (κ1) is 11.6. The number of benzene rings is 1. The van der Waals surface area contributed by atoms with Crippen LogP contribution in [-0.2, 0) is 11.2 Å². The second-order valence-electron chi connectivity index (χ2n) is 4.14. The normalized spacial score (nSPS) is 12.6. The molecule has 98 valence electrons. The van der Waals surface area contributed by atoms with Gasteiger partial charge in [-0.15, -0.1) is 0 Å². The van der Waals surface area contributed by atoms with Crippen molar-refractivity contribution in [2.45, 2.75) is 12.8 Å². The summed E-state index contributed by atoms with van der Waals surface area (Å²) in [6.45, 7) is 0.231. The van der Waals surface area contributed by atoms with Gasteiger partial charge in [0.05, 0.1) is 12.1 Å². The third kappa shape index (κ3) is 2.24. The molecule has 0 saturated heterocycles. The van der Waals surface area contributed by atoms with Crippen molar-refractivity contribution in [2.24, 2.45) is 0 Å². The van der Waals surface area contributed by atoms with Crippen LogP contribution in [0.1, 0.15) is 12.2 Å². The lowest BCUT2D eigenvalue weighted by Crippen LogP contribution is -2.04. The molecule has 19 heavy (non-hydrogen) atoms. The molecule has 0 radical (unpaired) electrons. The molecule has 2 heterocycles. The highest BCUT2D eigenvalue weighted by Gasteiger charge is 2.15. The van der Waals surface area contributed by atoms with Gasteiger partial charge in [-0.3, -0.25) is 4.79 Å². The van der Waals surface area contributed by atoms with Crippen molar-refractivity contribution >= 4 is 5.97 Å². The summed E-state index contributed by atoms with van der Waals surface area (Å²) in [7, 11) is 0. The van der Waals surface area contributed by atoms with Crippen LogP contribution in [0.3, 0.4) is 0 Å². The van der Waals surface area contributed by atoms with E-state index in [0.29, 0.717) is 18.0 Å². The van der Waals surface area contributed by atoms with Gasteiger partial charge in [0.25, 0.3) is 0 Å². The standard InChI is InChI=1S/C13H12N2O4/c16-13(17)4-3-12-14-5-6-15(12)9-1-2-10-11(7-9)19-8-18-10/h1-2,5-7H,3-4,8H2,(H,16,17). The number of ether oxygens (including phenoxy) is 2. The Balaban J connectivity index is 1.90. The molecular weight excluding hydrogens is 248 g/mol. The van der Waals surface area contributed by atoms with Crippen LogP contribution in [0, 0.1) is 0 Å². The molecule has 6 heteroatoms. The molecule has 0 fully saturated rings. The number of aliphatic carboxylic acids is 1. The van der Waals surface area contributed by atoms with Crippen molar-refractivity contribution in [3.8, 4) is 17.2 Å². The lowest BCUT2D eigenvalue weighted by atomic mass is 10.2. The maximum absolute atomic E-state index is 10.6. The maximum Gasteiger partial charge on any atom is 0.303 e. The summed E-state index contributed by atoms with van der Waals surface area (Å²) in [5.74, 6) is 1.29. The summed E-state index contributed by atoms with van der Waals surface area (Å²) in [6, 6.07) is 5.58. The molecule has 0 atom stereocenters. The fourth-order valence-electron chi connectivity index (χ4n) is 2.01. The summed E-state index contributed by atoms with van der Waals surface area (Å²) in [6.07, 6.45) is 3.90. The van der Waals surface area contributed by atoms with Crippen LogP contribution in [0.25, 0.3) is 5.69 Å². The van der Waals surface area contributed by atoms with Gasteiger partial charge in [-0.05, 0) is 12.1 Å². The Labute approximate surface area is 109 Å². The van der Waals surface area contributed by atoms with Crippen molar-refractivity contribution < 1.29 is 19.4 Å². The van der Waals surface area contributed by atoms with Crippen molar-refractivity contribution in [3.05, 3.63) is 36.4 Å². The molecule has 1 aromatic carbocycles. The second-order valence-corrected chi connectivity index (χ2v) is 4.14. The minimum atomic E-state index is -0.833. The summed E-state index contributed by atoms with van der Waals surface area (Å²) in [4.78, 5) is 14.8. The number of carbonyl (C=O) groups is 1. The van der Waals surface area contributed by atoms with Gasteiger partial charge < -0.3 is 19.1 Å². The molecule has 0 unspecified atom stereocenters. The highest BCUT2D eigenvalue weighted by Crippen LogP contribution is 2.33. The van der Waals surface area contributed by atoms with Gasteiger partial charge in [0.1, 0.15) is 5.82 Å². The minimum Gasteiger partial charge on any atom is -0.481 e. The van der Waals surface area contributed by atoms with Gasteiger partial charge in [0.15, 0.2) is 11.5 Å². The number of carboxylic acid groups (broad SMARTS) is 1. The Morgan fingerprint density at radius 3 is 3.05 bits per heavy atom. The minimum absolute atomic E-state index is 0.0571. The van der Waals surface area contributed by atoms with Crippen molar-refractivity contribution in [2.75, 3.05) is 6.79 Å². The zero-order chi connectivity index (χ0) is 13.2.